The summed E-state index contributed by atoms with van der Waals surface area (Å²) >= 11 is 6.11. The predicted molar refractivity (Wildman–Crippen MR) is 83.8 cm³/mol. The first-order valence-electron chi connectivity index (χ1n) is 7.88. The van der Waals surface area contributed by atoms with Crippen molar-refractivity contribution in [1.29, 1.82) is 0 Å². The second-order valence-corrected chi connectivity index (χ2v) is 7.51. The van der Waals surface area contributed by atoms with Gasteiger partial charge in [-0.25, -0.2) is 0 Å². The molecule has 21 heavy (non-hydrogen) atoms. The van der Waals surface area contributed by atoms with Crippen molar-refractivity contribution in [3.05, 3.63) is 34.3 Å². The van der Waals surface area contributed by atoms with Gasteiger partial charge in [0.25, 0.3) is 5.91 Å². The topological polar surface area (TPSA) is 41.1 Å². The molecule has 3 saturated carbocycles. The molecule has 3 nitrogen and oxygen atoms in total. The lowest BCUT2D eigenvalue weighted by Gasteiger charge is -2.75. The summed E-state index contributed by atoms with van der Waals surface area (Å²) in [6.07, 6.45) is 3.75. The Hall–Kier alpha value is -1.06. The highest BCUT2D eigenvalue weighted by Gasteiger charge is 2.71. The van der Waals surface area contributed by atoms with Crippen molar-refractivity contribution in [3.63, 3.8) is 0 Å². The van der Waals surface area contributed by atoms with Crippen LogP contribution >= 0.6 is 11.6 Å². The fraction of sp³-hybridized carbons (Fsp3) is 0.588. The molecule has 112 valence electrons. The van der Waals surface area contributed by atoms with E-state index in [0.717, 1.165) is 11.5 Å². The number of halogens is 1. The zero-order chi connectivity index (χ0) is 14.7. The first-order valence-corrected chi connectivity index (χ1v) is 8.25. The summed E-state index contributed by atoms with van der Waals surface area (Å²) in [6, 6.07) is 5.84. The molecule has 1 aliphatic heterocycles. The lowest BCUT2D eigenvalue weighted by atomic mass is 9.30. The lowest BCUT2D eigenvalue weighted by Crippen LogP contribution is -2.72. The molecule has 1 aromatic rings. The van der Waals surface area contributed by atoms with Gasteiger partial charge >= 0.3 is 0 Å². The highest BCUT2D eigenvalue weighted by atomic mass is 35.5. The average molecular weight is 305 g/mol. The SMILES string of the molecule is CCNC(=O)c1cc(Cl)ccc1C12CC(C3CNC3)(C1)C2. The largest absolute Gasteiger partial charge is 0.352 e. The average Bonchev–Trinajstić information content (AvgIpc) is 2.30. The van der Waals surface area contributed by atoms with Crippen LogP contribution in [0.1, 0.15) is 42.1 Å². The van der Waals surface area contributed by atoms with Crippen molar-refractivity contribution >= 4 is 17.5 Å². The molecule has 4 aliphatic rings. The Balaban J connectivity index is 1.61. The normalized spacial score (nSPS) is 33.6. The van der Waals surface area contributed by atoms with Crippen LogP contribution in [0.2, 0.25) is 5.02 Å². The maximum absolute atomic E-state index is 12.3. The van der Waals surface area contributed by atoms with Crippen LogP contribution in [0.5, 0.6) is 0 Å². The number of carbonyl (C=O) groups is 1. The van der Waals surface area contributed by atoms with Crippen LogP contribution < -0.4 is 10.6 Å². The smallest absolute Gasteiger partial charge is 0.251 e. The van der Waals surface area contributed by atoms with Gasteiger partial charge in [-0.3, -0.25) is 4.79 Å². The van der Waals surface area contributed by atoms with E-state index in [1.54, 1.807) is 0 Å². The van der Waals surface area contributed by atoms with Crippen LogP contribution in [-0.2, 0) is 5.41 Å². The van der Waals surface area contributed by atoms with Gasteiger partial charge in [-0.15, -0.1) is 0 Å². The van der Waals surface area contributed by atoms with Crippen LogP contribution in [0.4, 0.5) is 0 Å². The number of hydrogen-bond donors (Lipinski definition) is 2. The van der Waals surface area contributed by atoms with Gasteiger partial charge in [0.2, 0.25) is 0 Å². The van der Waals surface area contributed by atoms with Crippen LogP contribution in [0.25, 0.3) is 0 Å². The Bertz CT molecular complexity index is 589. The minimum Gasteiger partial charge on any atom is -0.352 e. The standard InChI is InChI=1S/C17H21ClN2O/c1-2-20-15(21)13-5-12(18)3-4-14(13)17-8-16(9-17,10-17)11-6-19-7-11/h3-5,11,19H,2,6-10H2,1H3,(H,20,21). The summed E-state index contributed by atoms with van der Waals surface area (Å²) in [5.41, 5.74) is 2.82. The number of nitrogens with one attached hydrogen (secondary N) is 2. The number of benzene rings is 1. The summed E-state index contributed by atoms with van der Waals surface area (Å²) in [6.45, 7) is 4.96. The second-order valence-electron chi connectivity index (χ2n) is 7.08. The van der Waals surface area contributed by atoms with Crippen molar-refractivity contribution in [1.82, 2.24) is 10.6 Å². The molecular formula is C17H21ClN2O. The molecule has 4 heteroatoms. The molecule has 1 heterocycles. The minimum atomic E-state index is 0.0130. The molecule has 5 rings (SSSR count). The first-order chi connectivity index (χ1) is 10.1. The number of amides is 1. The zero-order valence-electron chi connectivity index (χ0n) is 12.3. The van der Waals surface area contributed by atoms with E-state index >= 15 is 0 Å². The van der Waals surface area contributed by atoms with Gasteiger partial charge in [0.05, 0.1) is 0 Å². The van der Waals surface area contributed by atoms with Crippen molar-refractivity contribution in [2.24, 2.45) is 11.3 Å². The molecule has 0 atom stereocenters. The Morgan fingerprint density at radius 2 is 2.10 bits per heavy atom. The molecular weight excluding hydrogens is 284 g/mol. The van der Waals surface area contributed by atoms with Gasteiger partial charge in [-0.2, -0.15) is 0 Å². The molecule has 0 spiro atoms. The third-order valence-electron chi connectivity index (χ3n) is 5.85. The molecule has 0 aromatic heterocycles. The van der Waals surface area contributed by atoms with Gasteiger partial charge in [-0.05, 0) is 73.7 Å². The molecule has 2 N–H and O–H groups in total. The van der Waals surface area contributed by atoms with Gasteiger partial charge in [0.15, 0.2) is 0 Å². The molecule has 4 fully saturated rings. The molecule has 1 aromatic carbocycles. The molecule has 0 radical (unpaired) electrons. The van der Waals surface area contributed by atoms with Gasteiger partial charge < -0.3 is 10.6 Å². The summed E-state index contributed by atoms with van der Waals surface area (Å²) in [4.78, 5) is 12.3. The highest BCUT2D eigenvalue weighted by molar-refractivity contribution is 6.31. The Labute approximate surface area is 130 Å². The van der Waals surface area contributed by atoms with Crippen LogP contribution in [0.15, 0.2) is 18.2 Å². The number of rotatable bonds is 4. The fourth-order valence-corrected chi connectivity index (χ4v) is 4.90. The van der Waals surface area contributed by atoms with E-state index in [0.29, 0.717) is 17.0 Å². The second kappa shape index (κ2) is 4.47. The minimum absolute atomic E-state index is 0.0130. The molecule has 2 bridgehead atoms. The Kier molecular flexibility index (Phi) is 2.89. The molecule has 1 saturated heterocycles. The van der Waals surface area contributed by atoms with Crippen LogP contribution in [-0.4, -0.2) is 25.5 Å². The van der Waals surface area contributed by atoms with Gasteiger partial charge in [-0.1, -0.05) is 17.7 Å². The van der Waals surface area contributed by atoms with E-state index < -0.39 is 0 Å². The van der Waals surface area contributed by atoms with Crippen molar-refractivity contribution < 1.29 is 4.79 Å². The van der Waals surface area contributed by atoms with Crippen molar-refractivity contribution in [2.75, 3.05) is 19.6 Å². The van der Waals surface area contributed by atoms with E-state index in [1.165, 1.54) is 37.9 Å². The molecule has 0 unspecified atom stereocenters. The maximum Gasteiger partial charge on any atom is 0.251 e. The predicted octanol–water partition coefficient (Wildman–Crippen LogP) is 2.73. The maximum atomic E-state index is 12.3. The fourth-order valence-electron chi connectivity index (χ4n) is 4.73. The number of carbonyl (C=O) groups excluding carboxylic acids is 1. The summed E-state index contributed by atoms with van der Waals surface area (Å²) in [7, 11) is 0. The number of hydrogen-bond acceptors (Lipinski definition) is 2. The van der Waals surface area contributed by atoms with Crippen LogP contribution in [0, 0.1) is 11.3 Å². The monoisotopic (exact) mass is 304 g/mol. The summed E-state index contributed by atoms with van der Waals surface area (Å²) in [5, 5.41) is 6.94. The van der Waals surface area contributed by atoms with Crippen LogP contribution in [0.3, 0.4) is 0 Å². The van der Waals surface area contributed by atoms with E-state index in [4.69, 9.17) is 11.6 Å². The van der Waals surface area contributed by atoms with E-state index in [9.17, 15) is 4.79 Å². The molecule has 1 amide bonds. The first kappa shape index (κ1) is 13.6. The lowest BCUT2D eigenvalue weighted by molar-refractivity contribution is -0.191. The van der Waals surface area contributed by atoms with Crippen molar-refractivity contribution in [2.45, 2.75) is 31.6 Å². The molecule has 3 aliphatic carbocycles. The zero-order valence-corrected chi connectivity index (χ0v) is 13.1. The third-order valence-corrected chi connectivity index (χ3v) is 6.09. The highest BCUT2D eigenvalue weighted by Crippen LogP contribution is 2.77. The summed E-state index contributed by atoms with van der Waals surface area (Å²) in [5.74, 6) is 0.874. The Morgan fingerprint density at radius 3 is 2.67 bits per heavy atom. The van der Waals surface area contributed by atoms with E-state index in [-0.39, 0.29) is 11.3 Å². The quantitative estimate of drug-likeness (QED) is 0.898. The van der Waals surface area contributed by atoms with E-state index in [1.807, 2.05) is 19.1 Å². The van der Waals surface area contributed by atoms with Crippen molar-refractivity contribution in [3.8, 4) is 0 Å². The van der Waals surface area contributed by atoms with Gasteiger partial charge in [0, 0.05) is 17.1 Å². The van der Waals surface area contributed by atoms with Gasteiger partial charge in [0.1, 0.15) is 0 Å². The summed E-state index contributed by atoms with van der Waals surface area (Å²) < 4.78 is 0. The Morgan fingerprint density at radius 1 is 1.38 bits per heavy atom. The third kappa shape index (κ3) is 1.80. The van der Waals surface area contributed by atoms with E-state index in [2.05, 4.69) is 16.7 Å².